The highest BCUT2D eigenvalue weighted by Crippen LogP contribution is 2.24. The zero-order valence-electron chi connectivity index (χ0n) is 15.8. The van der Waals surface area contributed by atoms with Gasteiger partial charge in [0.1, 0.15) is 6.54 Å². The predicted molar refractivity (Wildman–Crippen MR) is 108 cm³/mol. The third-order valence-electron chi connectivity index (χ3n) is 5.46. The van der Waals surface area contributed by atoms with Gasteiger partial charge in [0.15, 0.2) is 0 Å². The molecule has 2 aromatic heterocycles. The van der Waals surface area contributed by atoms with E-state index in [4.69, 9.17) is 0 Å². The largest absolute Gasteiger partial charge is 0.334 e. The molecule has 1 aliphatic rings. The van der Waals surface area contributed by atoms with E-state index in [0.29, 0.717) is 11.9 Å². The van der Waals surface area contributed by atoms with E-state index in [-0.39, 0.29) is 24.1 Å². The zero-order valence-corrected chi connectivity index (χ0v) is 15.8. The third kappa shape index (κ3) is 3.96. The van der Waals surface area contributed by atoms with Gasteiger partial charge in [-0.2, -0.15) is 5.10 Å². The van der Waals surface area contributed by atoms with Gasteiger partial charge in [-0.05, 0) is 30.5 Å². The quantitative estimate of drug-likeness (QED) is 0.686. The number of pyridine rings is 1. The molecule has 0 aliphatic heterocycles. The van der Waals surface area contributed by atoms with E-state index in [2.05, 4.69) is 10.1 Å². The molecule has 1 amide bonds. The van der Waals surface area contributed by atoms with Crippen molar-refractivity contribution < 1.29 is 4.79 Å². The number of carbonyl (C=O) groups excluding carboxylic acids is 1. The molecule has 1 saturated carbocycles. The molecular formula is C22H24N4O2. The van der Waals surface area contributed by atoms with Crippen molar-refractivity contribution in [2.75, 3.05) is 0 Å². The molecule has 0 N–H and O–H groups in total. The van der Waals surface area contributed by atoms with Crippen molar-refractivity contribution in [3.63, 3.8) is 0 Å². The first-order chi connectivity index (χ1) is 13.7. The number of fused-ring (bicyclic) bond motifs is 1. The maximum absolute atomic E-state index is 13.2. The Hall–Kier alpha value is -3.02. The summed E-state index contributed by atoms with van der Waals surface area (Å²) < 4.78 is 1.28. The Morgan fingerprint density at radius 2 is 1.89 bits per heavy atom. The van der Waals surface area contributed by atoms with Crippen LogP contribution in [-0.2, 0) is 17.9 Å². The van der Waals surface area contributed by atoms with Crippen molar-refractivity contribution >= 4 is 16.7 Å². The van der Waals surface area contributed by atoms with E-state index in [1.165, 1.54) is 11.1 Å². The first-order valence-electron chi connectivity index (χ1n) is 9.85. The van der Waals surface area contributed by atoms with Crippen LogP contribution >= 0.6 is 0 Å². The van der Waals surface area contributed by atoms with Crippen molar-refractivity contribution in [2.45, 2.75) is 51.2 Å². The molecule has 1 aliphatic carbocycles. The highest BCUT2D eigenvalue weighted by Gasteiger charge is 2.26. The van der Waals surface area contributed by atoms with Gasteiger partial charge in [-0.3, -0.25) is 14.6 Å². The van der Waals surface area contributed by atoms with Crippen LogP contribution in [0.15, 0.2) is 59.8 Å². The molecule has 2 heterocycles. The van der Waals surface area contributed by atoms with Gasteiger partial charge >= 0.3 is 0 Å². The minimum atomic E-state index is -0.226. The van der Waals surface area contributed by atoms with Crippen molar-refractivity contribution in [1.29, 1.82) is 0 Å². The topological polar surface area (TPSA) is 68.1 Å². The van der Waals surface area contributed by atoms with Crippen LogP contribution < -0.4 is 5.56 Å². The second-order valence-electron chi connectivity index (χ2n) is 7.37. The summed E-state index contributed by atoms with van der Waals surface area (Å²) in [4.78, 5) is 32.0. The van der Waals surface area contributed by atoms with Crippen molar-refractivity contribution in [2.24, 2.45) is 0 Å². The van der Waals surface area contributed by atoms with Gasteiger partial charge in [-0.25, -0.2) is 4.68 Å². The van der Waals surface area contributed by atoms with Crippen LogP contribution in [0.1, 0.15) is 37.7 Å². The molecule has 0 unspecified atom stereocenters. The summed E-state index contributed by atoms with van der Waals surface area (Å²) >= 11 is 0. The summed E-state index contributed by atoms with van der Waals surface area (Å²) in [5.74, 6) is -0.0689. The Balaban J connectivity index is 1.60. The van der Waals surface area contributed by atoms with Crippen molar-refractivity contribution in [3.8, 4) is 0 Å². The standard InChI is InChI=1S/C22H24N4O2/c27-21(16-26-22(28)20-11-5-4-8-18(20)14-24-26)25(19-9-2-1-3-10-19)15-17-7-6-12-23-13-17/h4-8,11-14,19H,1-3,9-10,15-16H2. The maximum atomic E-state index is 13.2. The molecule has 28 heavy (non-hydrogen) atoms. The average Bonchev–Trinajstić information content (AvgIpc) is 2.75. The predicted octanol–water partition coefficient (Wildman–Crippen LogP) is 3.15. The molecule has 0 atom stereocenters. The van der Waals surface area contributed by atoms with Gasteiger partial charge in [0, 0.05) is 30.4 Å². The number of benzene rings is 1. The van der Waals surface area contributed by atoms with E-state index in [1.54, 1.807) is 24.7 Å². The molecule has 6 nitrogen and oxygen atoms in total. The SMILES string of the molecule is O=C(Cn1ncc2ccccc2c1=O)N(Cc1cccnc1)C1CCCCC1. The zero-order chi connectivity index (χ0) is 19.3. The molecular weight excluding hydrogens is 352 g/mol. The van der Waals surface area contributed by atoms with Crippen LogP contribution in [0.5, 0.6) is 0 Å². The highest BCUT2D eigenvalue weighted by atomic mass is 16.2. The lowest BCUT2D eigenvalue weighted by atomic mass is 9.93. The van der Waals surface area contributed by atoms with Gasteiger partial charge < -0.3 is 4.90 Å². The number of carbonyl (C=O) groups is 1. The Morgan fingerprint density at radius 3 is 2.68 bits per heavy atom. The smallest absolute Gasteiger partial charge is 0.275 e. The fraction of sp³-hybridized carbons (Fsp3) is 0.364. The summed E-state index contributed by atoms with van der Waals surface area (Å²) in [6.07, 6.45) is 10.7. The molecule has 3 aromatic rings. The van der Waals surface area contributed by atoms with E-state index in [9.17, 15) is 9.59 Å². The lowest BCUT2D eigenvalue weighted by molar-refractivity contribution is -0.135. The fourth-order valence-electron chi connectivity index (χ4n) is 3.96. The number of rotatable bonds is 5. The van der Waals surface area contributed by atoms with Gasteiger partial charge in [-0.1, -0.05) is 43.5 Å². The van der Waals surface area contributed by atoms with Crippen LogP contribution in [0.3, 0.4) is 0 Å². The Kier molecular flexibility index (Phi) is 5.46. The molecule has 1 fully saturated rings. The molecule has 144 valence electrons. The van der Waals surface area contributed by atoms with Gasteiger partial charge in [-0.15, -0.1) is 0 Å². The van der Waals surface area contributed by atoms with Crippen molar-refractivity contribution in [3.05, 3.63) is 70.9 Å². The molecule has 1 aromatic carbocycles. The summed E-state index contributed by atoms with van der Waals surface area (Å²) in [6, 6.07) is 11.4. The number of hydrogen-bond acceptors (Lipinski definition) is 4. The highest BCUT2D eigenvalue weighted by molar-refractivity contribution is 5.81. The molecule has 0 radical (unpaired) electrons. The molecule has 0 bridgehead atoms. The number of nitrogens with zero attached hydrogens (tertiary/aromatic N) is 4. The molecule has 0 saturated heterocycles. The Bertz CT molecular complexity index is 1010. The average molecular weight is 376 g/mol. The van der Waals surface area contributed by atoms with Gasteiger partial charge in [0.2, 0.25) is 5.91 Å². The second kappa shape index (κ2) is 8.33. The molecule has 0 spiro atoms. The first kappa shape index (κ1) is 18.3. The maximum Gasteiger partial charge on any atom is 0.275 e. The van der Waals surface area contributed by atoms with Crippen LogP contribution in [0.4, 0.5) is 0 Å². The molecule has 4 rings (SSSR count). The lowest BCUT2D eigenvalue weighted by Crippen LogP contribution is -2.44. The minimum Gasteiger partial charge on any atom is -0.334 e. The summed E-state index contributed by atoms with van der Waals surface area (Å²) in [5, 5.41) is 5.60. The number of aromatic nitrogens is 3. The van der Waals surface area contributed by atoms with E-state index in [1.807, 2.05) is 35.2 Å². The normalized spacial score (nSPS) is 14.9. The number of amides is 1. The minimum absolute atomic E-state index is 0.0412. The second-order valence-corrected chi connectivity index (χ2v) is 7.37. The van der Waals surface area contributed by atoms with Crippen molar-refractivity contribution in [1.82, 2.24) is 19.7 Å². The Labute approximate surface area is 163 Å². The van der Waals surface area contributed by atoms with Gasteiger partial charge in [0.05, 0.1) is 11.6 Å². The fourth-order valence-corrected chi connectivity index (χ4v) is 3.96. The van der Waals surface area contributed by atoms with Crippen LogP contribution in [0.25, 0.3) is 10.8 Å². The molecule has 6 heteroatoms. The van der Waals surface area contributed by atoms with Gasteiger partial charge in [0.25, 0.3) is 5.56 Å². The first-order valence-corrected chi connectivity index (χ1v) is 9.85. The van der Waals surface area contributed by atoms with E-state index >= 15 is 0 Å². The monoisotopic (exact) mass is 376 g/mol. The van der Waals surface area contributed by atoms with E-state index in [0.717, 1.165) is 36.6 Å². The summed E-state index contributed by atoms with van der Waals surface area (Å²) in [5.41, 5.74) is 0.775. The van der Waals surface area contributed by atoms with Crippen LogP contribution in [-0.4, -0.2) is 31.6 Å². The van der Waals surface area contributed by atoms with Crippen LogP contribution in [0, 0.1) is 0 Å². The Morgan fingerprint density at radius 1 is 1.07 bits per heavy atom. The third-order valence-corrected chi connectivity index (χ3v) is 5.46. The summed E-state index contributed by atoms with van der Waals surface area (Å²) in [7, 11) is 0. The number of hydrogen-bond donors (Lipinski definition) is 0. The lowest BCUT2D eigenvalue weighted by Gasteiger charge is -2.34. The van der Waals surface area contributed by atoms with Crippen LogP contribution in [0.2, 0.25) is 0 Å². The van der Waals surface area contributed by atoms with E-state index < -0.39 is 0 Å². The summed E-state index contributed by atoms with van der Waals surface area (Å²) in [6.45, 7) is 0.472.